The molecule has 0 radical (unpaired) electrons. The smallest absolute Gasteiger partial charge is 0.306 e. The van der Waals surface area contributed by atoms with Crippen LogP contribution < -0.4 is 0 Å². The Kier molecular flexibility index (Phi) is 58.9. The van der Waals surface area contributed by atoms with Gasteiger partial charge in [0.15, 0.2) is 6.10 Å². The van der Waals surface area contributed by atoms with Crippen molar-refractivity contribution in [3.63, 3.8) is 0 Å². The Hall–Kier alpha value is -4.19. The van der Waals surface area contributed by atoms with Crippen LogP contribution in [0.4, 0.5) is 0 Å². The van der Waals surface area contributed by atoms with Gasteiger partial charge in [-0.3, -0.25) is 14.4 Å². The molecule has 6 heteroatoms. The Morgan fingerprint density at radius 2 is 0.533 bits per heavy atom. The lowest BCUT2D eigenvalue weighted by Crippen LogP contribution is -2.30. The lowest BCUT2D eigenvalue weighted by atomic mass is 10.0. The fraction of sp³-hybridized carbons (Fsp3) is 0.667. The molecule has 0 fully saturated rings. The number of esters is 3. The maximum Gasteiger partial charge on any atom is 0.306 e. The zero-order chi connectivity index (χ0) is 54.3. The highest BCUT2D eigenvalue weighted by molar-refractivity contribution is 5.71. The van der Waals surface area contributed by atoms with Crippen LogP contribution in [0.15, 0.2) is 122 Å². The van der Waals surface area contributed by atoms with Crippen molar-refractivity contribution in [1.29, 1.82) is 0 Å². The molecule has 0 aromatic rings. The first kappa shape index (κ1) is 70.8. The van der Waals surface area contributed by atoms with Crippen molar-refractivity contribution in [1.82, 2.24) is 0 Å². The van der Waals surface area contributed by atoms with Gasteiger partial charge < -0.3 is 14.2 Å². The Morgan fingerprint density at radius 3 is 0.893 bits per heavy atom. The molecule has 0 spiro atoms. The SMILES string of the molecule is CC/C=C\C/C=C\C/C=C\C/C=C\C/C=C\C/C=C\C/C=C\CCCC(=O)OCC(COC(=O)CCCCCCCCCCCCCCCCC)OC(=O)CCCCCCCC/C=C\C/C=C\C/C=C\CCCCC. The molecule has 0 saturated heterocycles. The molecule has 0 heterocycles. The second-order valence-electron chi connectivity index (χ2n) is 20.2. The first-order chi connectivity index (χ1) is 37.0. The fourth-order valence-electron chi connectivity index (χ4n) is 8.32. The van der Waals surface area contributed by atoms with E-state index in [0.717, 1.165) is 116 Å². The minimum absolute atomic E-state index is 0.102. The molecule has 426 valence electrons. The lowest BCUT2D eigenvalue weighted by molar-refractivity contribution is -0.167. The first-order valence-electron chi connectivity index (χ1n) is 31.0. The normalized spacial score (nSPS) is 12.9. The van der Waals surface area contributed by atoms with E-state index in [4.69, 9.17) is 14.2 Å². The Balaban J connectivity index is 4.51. The first-order valence-corrected chi connectivity index (χ1v) is 31.0. The van der Waals surface area contributed by atoms with Crippen molar-refractivity contribution in [2.75, 3.05) is 13.2 Å². The standard InChI is InChI=1S/C69H114O6/c1-4-7-10-13-16-19-22-25-28-30-32-33-34-35-37-38-41-44-47-50-53-56-59-62-68(71)74-65-66(64-73-67(70)61-58-55-52-49-46-43-40-27-24-21-18-15-12-9-6-3)75-69(72)63-60-57-54-51-48-45-42-39-36-31-29-26-23-20-17-14-11-8-5-2/h7,10,16-17,19-20,25-26,28-29,32-33,35-37,39,41,44,50,53,66H,4-6,8-9,11-15,18,21-24,27,30-31,34,38,40,42-43,45-49,51-52,54-65H2,1-3H3/b10-7-,19-16-,20-17-,28-25-,29-26-,33-32-,37-35-,39-36-,44-41-,53-50-. The molecule has 0 amide bonds. The van der Waals surface area contributed by atoms with Crippen molar-refractivity contribution in [2.24, 2.45) is 0 Å². The second kappa shape index (κ2) is 62.4. The molecule has 75 heavy (non-hydrogen) atoms. The van der Waals surface area contributed by atoms with Crippen molar-refractivity contribution in [3.05, 3.63) is 122 Å². The predicted molar refractivity (Wildman–Crippen MR) is 325 cm³/mol. The summed E-state index contributed by atoms with van der Waals surface area (Å²) < 4.78 is 16.9. The number of carbonyl (C=O) groups is 3. The van der Waals surface area contributed by atoms with Gasteiger partial charge in [0.2, 0.25) is 0 Å². The molecule has 0 N–H and O–H groups in total. The quantitative estimate of drug-likeness (QED) is 0.0261. The summed E-state index contributed by atoms with van der Waals surface area (Å²) in [5, 5.41) is 0. The van der Waals surface area contributed by atoms with E-state index in [-0.39, 0.29) is 37.5 Å². The fourth-order valence-corrected chi connectivity index (χ4v) is 8.32. The van der Waals surface area contributed by atoms with Crippen LogP contribution >= 0.6 is 0 Å². The predicted octanol–water partition coefficient (Wildman–Crippen LogP) is 21.2. The van der Waals surface area contributed by atoms with Crippen LogP contribution in [0.2, 0.25) is 0 Å². The molecule has 0 aromatic heterocycles. The van der Waals surface area contributed by atoms with E-state index in [1.807, 2.05) is 0 Å². The second-order valence-corrected chi connectivity index (χ2v) is 20.2. The van der Waals surface area contributed by atoms with Crippen LogP contribution in [0, 0.1) is 0 Å². The van der Waals surface area contributed by atoms with Crippen LogP contribution in [0.5, 0.6) is 0 Å². The average molecular weight is 1040 g/mol. The maximum atomic E-state index is 12.9. The minimum Gasteiger partial charge on any atom is -0.462 e. The van der Waals surface area contributed by atoms with E-state index in [1.54, 1.807) is 0 Å². The number of carbonyl (C=O) groups excluding carboxylic acids is 3. The highest BCUT2D eigenvalue weighted by Crippen LogP contribution is 2.15. The lowest BCUT2D eigenvalue weighted by Gasteiger charge is -2.18. The highest BCUT2D eigenvalue weighted by atomic mass is 16.6. The molecule has 0 aliphatic carbocycles. The largest absolute Gasteiger partial charge is 0.462 e. The van der Waals surface area contributed by atoms with Gasteiger partial charge in [-0.1, -0.05) is 271 Å². The van der Waals surface area contributed by atoms with E-state index in [9.17, 15) is 14.4 Å². The van der Waals surface area contributed by atoms with Gasteiger partial charge in [-0.25, -0.2) is 0 Å². The summed E-state index contributed by atoms with van der Waals surface area (Å²) in [5.41, 5.74) is 0. The third kappa shape index (κ3) is 60.6. The molecule has 0 aliphatic rings. The van der Waals surface area contributed by atoms with E-state index in [2.05, 4.69) is 142 Å². The van der Waals surface area contributed by atoms with Crippen LogP contribution in [0.3, 0.4) is 0 Å². The van der Waals surface area contributed by atoms with Crippen molar-refractivity contribution < 1.29 is 28.6 Å². The van der Waals surface area contributed by atoms with Crippen molar-refractivity contribution in [2.45, 2.75) is 284 Å². The van der Waals surface area contributed by atoms with Gasteiger partial charge in [0.1, 0.15) is 13.2 Å². The summed E-state index contributed by atoms with van der Waals surface area (Å²) in [4.78, 5) is 38.3. The van der Waals surface area contributed by atoms with E-state index in [0.29, 0.717) is 19.3 Å². The van der Waals surface area contributed by atoms with Gasteiger partial charge in [0.05, 0.1) is 0 Å². The Bertz CT molecular complexity index is 1570. The summed E-state index contributed by atoms with van der Waals surface area (Å²) in [6.45, 7) is 6.45. The van der Waals surface area contributed by atoms with Gasteiger partial charge in [0, 0.05) is 19.3 Å². The van der Waals surface area contributed by atoms with Gasteiger partial charge in [-0.2, -0.15) is 0 Å². The topological polar surface area (TPSA) is 78.9 Å². The molecule has 0 bridgehead atoms. The number of rotatable bonds is 55. The van der Waals surface area contributed by atoms with Gasteiger partial charge in [-0.05, 0) is 109 Å². The van der Waals surface area contributed by atoms with Crippen molar-refractivity contribution >= 4 is 17.9 Å². The zero-order valence-electron chi connectivity index (χ0n) is 48.8. The summed E-state index contributed by atoms with van der Waals surface area (Å²) in [6, 6.07) is 0. The molecular weight excluding hydrogens is 925 g/mol. The summed E-state index contributed by atoms with van der Waals surface area (Å²) in [7, 11) is 0. The molecule has 0 saturated carbocycles. The zero-order valence-corrected chi connectivity index (χ0v) is 48.8. The minimum atomic E-state index is -0.812. The third-order valence-corrected chi connectivity index (χ3v) is 13.0. The summed E-state index contributed by atoms with van der Waals surface area (Å²) >= 11 is 0. The molecule has 1 unspecified atom stereocenters. The summed E-state index contributed by atoms with van der Waals surface area (Å²) in [5.74, 6) is -0.972. The van der Waals surface area contributed by atoms with Crippen LogP contribution in [-0.2, 0) is 28.6 Å². The Morgan fingerprint density at radius 1 is 0.280 bits per heavy atom. The Labute approximate surface area is 462 Å². The summed E-state index contributed by atoms with van der Waals surface area (Å²) in [6.07, 6.45) is 86.2. The van der Waals surface area contributed by atoms with E-state index >= 15 is 0 Å². The molecule has 1 atom stereocenters. The number of allylic oxidation sites excluding steroid dienone is 20. The molecule has 0 aliphatic heterocycles. The van der Waals surface area contributed by atoms with E-state index in [1.165, 1.54) is 116 Å². The number of hydrogen-bond donors (Lipinski definition) is 0. The van der Waals surface area contributed by atoms with Crippen LogP contribution in [0.25, 0.3) is 0 Å². The molecule has 0 aromatic carbocycles. The van der Waals surface area contributed by atoms with Crippen LogP contribution in [-0.4, -0.2) is 37.2 Å². The molecule has 0 rings (SSSR count). The number of unbranched alkanes of at least 4 members (excludes halogenated alkanes) is 24. The van der Waals surface area contributed by atoms with Crippen molar-refractivity contribution in [3.8, 4) is 0 Å². The van der Waals surface area contributed by atoms with Gasteiger partial charge in [-0.15, -0.1) is 0 Å². The monoisotopic (exact) mass is 1040 g/mol. The maximum absolute atomic E-state index is 12.9. The average Bonchev–Trinajstić information content (AvgIpc) is 3.41. The number of hydrogen-bond acceptors (Lipinski definition) is 6. The number of ether oxygens (including phenoxy) is 3. The highest BCUT2D eigenvalue weighted by Gasteiger charge is 2.19. The molecular formula is C69H114O6. The van der Waals surface area contributed by atoms with Gasteiger partial charge in [0.25, 0.3) is 0 Å². The van der Waals surface area contributed by atoms with E-state index < -0.39 is 6.10 Å². The van der Waals surface area contributed by atoms with Gasteiger partial charge >= 0.3 is 17.9 Å². The molecule has 6 nitrogen and oxygen atoms in total. The van der Waals surface area contributed by atoms with Crippen LogP contribution in [0.1, 0.15) is 278 Å². The third-order valence-electron chi connectivity index (χ3n) is 13.0.